The second-order valence-electron chi connectivity index (χ2n) is 9.26. The standard InChI is InChI=1S/C22H29N7O4S/c1-14-11-22(3,4)28(12-14)20-16(7-8-18(23-20)29-10-9-19(25-29)33-6)21(30)26-34(31,32)17-13-27(5)24-15(17)2/h7-10,13-14H,11-12H2,1-6H3,(H,26,30)/t14-/m0/s1. The van der Waals surface area contributed by atoms with Gasteiger partial charge in [0.05, 0.1) is 18.4 Å². The Balaban J connectivity index is 1.76. The highest BCUT2D eigenvalue weighted by molar-refractivity contribution is 7.90. The summed E-state index contributed by atoms with van der Waals surface area (Å²) in [6.07, 6.45) is 3.98. The first kappa shape index (κ1) is 23.7. The minimum Gasteiger partial charge on any atom is -0.480 e. The Morgan fingerprint density at radius 3 is 2.53 bits per heavy atom. The number of aromatic nitrogens is 5. The molecular formula is C22H29N7O4S. The summed E-state index contributed by atoms with van der Waals surface area (Å²) in [4.78, 5) is 20.0. The lowest BCUT2D eigenvalue weighted by molar-refractivity contribution is 0.0981. The molecule has 0 aromatic carbocycles. The Morgan fingerprint density at radius 1 is 1.24 bits per heavy atom. The molecule has 1 aliphatic heterocycles. The van der Waals surface area contributed by atoms with Gasteiger partial charge in [0.2, 0.25) is 5.88 Å². The van der Waals surface area contributed by atoms with Gasteiger partial charge < -0.3 is 9.64 Å². The number of pyridine rings is 1. The van der Waals surface area contributed by atoms with Crippen molar-refractivity contribution in [3.63, 3.8) is 0 Å². The third-order valence-electron chi connectivity index (χ3n) is 5.93. The van der Waals surface area contributed by atoms with Crippen molar-refractivity contribution in [3.8, 4) is 11.7 Å². The number of hydrogen-bond acceptors (Lipinski definition) is 8. The van der Waals surface area contributed by atoms with Crippen LogP contribution in [-0.2, 0) is 17.1 Å². The summed E-state index contributed by atoms with van der Waals surface area (Å²) in [5.41, 5.74) is 0.189. The molecule has 1 saturated heterocycles. The van der Waals surface area contributed by atoms with Gasteiger partial charge in [0.1, 0.15) is 10.7 Å². The fourth-order valence-electron chi connectivity index (χ4n) is 4.53. The average molecular weight is 488 g/mol. The van der Waals surface area contributed by atoms with Gasteiger partial charge in [-0.2, -0.15) is 5.10 Å². The molecule has 1 aliphatic rings. The van der Waals surface area contributed by atoms with E-state index in [4.69, 9.17) is 9.72 Å². The first-order valence-electron chi connectivity index (χ1n) is 10.9. The van der Waals surface area contributed by atoms with E-state index in [1.165, 1.54) is 18.0 Å². The molecule has 0 spiro atoms. The number of nitrogens with one attached hydrogen (secondary N) is 1. The first-order chi connectivity index (χ1) is 15.9. The Hall–Kier alpha value is -3.41. The first-order valence-corrected chi connectivity index (χ1v) is 12.4. The molecular weight excluding hydrogens is 458 g/mol. The minimum absolute atomic E-state index is 0.0479. The smallest absolute Gasteiger partial charge is 0.268 e. The van der Waals surface area contributed by atoms with Gasteiger partial charge in [0, 0.05) is 37.6 Å². The molecule has 0 aliphatic carbocycles. The van der Waals surface area contributed by atoms with E-state index in [2.05, 4.69) is 40.6 Å². The number of hydrogen-bond donors (Lipinski definition) is 1. The van der Waals surface area contributed by atoms with Crippen LogP contribution in [0.1, 0.15) is 43.2 Å². The summed E-state index contributed by atoms with van der Waals surface area (Å²) in [6.45, 7) is 8.56. The van der Waals surface area contributed by atoms with Crippen molar-refractivity contribution in [1.29, 1.82) is 0 Å². The molecule has 11 nitrogen and oxygen atoms in total. The zero-order chi connectivity index (χ0) is 24.8. The molecule has 1 fully saturated rings. The topological polar surface area (TPSA) is 124 Å². The number of aryl methyl sites for hydroxylation is 2. The molecule has 0 unspecified atom stereocenters. The lowest BCUT2D eigenvalue weighted by Gasteiger charge is -2.34. The van der Waals surface area contributed by atoms with Crippen molar-refractivity contribution in [2.24, 2.45) is 13.0 Å². The largest absolute Gasteiger partial charge is 0.480 e. The number of carbonyl (C=O) groups is 1. The van der Waals surface area contributed by atoms with Crippen LogP contribution in [0.2, 0.25) is 0 Å². The highest BCUT2D eigenvalue weighted by Gasteiger charge is 2.39. The lowest BCUT2D eigenvalue weighted by atomic mass is 9.97. The third kappa shape index (κ3) is 4.37. The number of sulfonamides is 1. The Labute approximate surface area is 198 Å². The summed E-state index contributed by atoms with van der Waals surface area (Å²) in [7, 11) is -0.977. The predicted octanol–water partition coefficient (Wildman–Crippen LogP) is 2.06. The monoisotopic (exact) mass is 487 g/mol. The maximum Gasteiger partial charge on any atom is 0.268 e. The van der Waals surface area contributed by atoms with E-state index in [1.807, 2.05) is 0 Å². The van der Waals surface area contributed by atoms with Crippen LogP contribution in [0.3, 0.4) is 0 Å². The molecule has 1 atom stereocenters. The molecule has 4 rings (SSSR count). The molecule has 3 aromatic rings. The van der Waals surface area contributed by atoms with Crippen LogP contribution < -0.4 is 14.4 Å². The fraction of sp³-hybridized carbons (Fsp3) is 0.455. The SMILES string of the molecule is COc1ccn(-c2ccc(C(=O)NS(=O)(=O)c3cn(C)nc3C)c(N3C[C@@H](C)CC3(C)C)n2)n1. The normalized spacial score (nSPS) is 17.7. The number of carbonyl (C=O) groups excluding carboxylic acids is 1. The fourth-order valence-corrected chi connectivity index (χ4v) is 5.71. The number of amides is 1. The van der Waals surface area contributed by atoms with Crippen molar-refractivity contribution in [1.82, 2.24) is 29.3 Å². The molecule has 12 heteroatoms. The second kappa shape index (κ2) is 8.42. The Morgan fingerprint density at radius 2 is 1.97 bits per heavy atom. The predicted molar refractivity (Wildman–Crippen MR) is 126 cm³/mol. The summed E-state index contributed by atoms with van der Waals surface area (Å²) in [5.74, 6) is 0.931. The van der Waals surface area contributed by atoms with Gasteiger partial charge in [-0.15, -0.1) is 5.10 Å². The van der Waals surface area contributed by atoms with Gasteiger partial charge in [0.15, 0.2) is 5.82 Å². The van der Waals surface area contributed by atoms with Gasteiger partial charge in [0.25, 0.3) is 15.9 Å². The average Bonchev–Trinajstić information content (AvgIpc) is 3.43. The molecule has 182 valence electrons. The second-order valence-corrected chi connectivity index (χ2v) is 10.9. The Kier molecular flexibility index (Phi) is 5.88. The molecule has 4 heterocycles. The van der Waals surface area contributed by atoms with Crippen molar-refractivity contribution in [2.45, 2.75) is 44.6 Å². The van der Waals surface area contributed by atoms with Crippen LogP contribution in [0.25, 0.3) is 5.82 Å². The van der Waals surface area contributed by atoms with Crippen LogP contribution >= 0.6 is 0 Å². The van der Waals surface area contributed by atoms with Crippen LogP contribution in [0.15, 0.2) is 35.5 Å². The highest BCUT2D eigenvalue weighted by Crippen LogP contribution is 2.37. The van der Waals surface area contributed by atoms with Gasteiger partial charge >= 0.3 is 0 Å². The third-order valence-corrected chi connectivity index (χ3v) is 7.36. The number of anilines is 1. The highest BCUT2D eigenvalue weighted by atomic mass is 32.2. The maximum atomic E-state index is 13.3. The summed E-state index contributed by atoms with van der Waals surface area (Å²) < 4.78 is 36.2. The van der Waals surface area contributed by atoms with Crippen molar-refractivity contribution in [3.05, 3.63) is 41.9 Å². The van der Waals surface area contributed by atoms with E-state index >= 15 is 0 Å². The zero-order valence-corrected chi connectivity index (χ0v) is 20.9. The molecule has 0 bridgehead atoms. The van der Waals surface area contributed by atoms with Gasteiger partial charge in [-0.3, -0.25) is 9.48 Å². The van der Waals surface area contributed by atoms with E-state index in [0.717, 1.165) is 6.42 Å². The number of rotatable bonds is 6. The zero-order valence-electron chi connectivity index (χ0n) is 20.1. The van der Waals surface area contributed by atoms with Crippen LogP contribution in [0.5, 0.6) is 5.88 Å². The minimum atomic E-state index is -4.12. The van der Waals surface area contributed by atoms with E-state index in [-0.39, 0.29) is 16.0 Å². The van der Waals surface area contributed by atoms with E-state index in [1.54, 1.807) is 43.0 Å². The lowest BCUT2D eigenvalue weighted by Crippen LogP contribution is -2.41. The van der Waals surface area contributed by atoms with Crippen LogP contribution in [0, 0.1) is 12.8 Å². The molecule has 0 radical (unpaired) electrons. The maximum absolute atomic E-state index is 13.3. The summed E-state index contributed by atoms with van der Waals surface area (Å²) in [5, 5.41) is 8.38. The molecule has 1 N–H and O–H groups in total. The van der Waals surface area contributed by atoms with Crippen LogP contribution in [-0.4, -0.2) is 58.1 Å². The van der Waals surface area contributed by atoms with Crippen molar-refractivity contribution < 1.29 is 17.9 Å². The summed E-state index contributed by atoms with van der Waals surface area (Å²) in [6, 6.07) is 4.90. The quantitative estimate of drug-likeness (QED) is 0.560. The van der Waals surface area contributed by atoms with Gasteiger partial charge in [-0.25, -0.2) is 22.8 Å². The van der Waals surface area contributed by atoms with Crippen LogP contribution in [0.4, 0.5) is 5.82 Å². The molecule has 0 saturated carbocycles. The molecule has 1 amide bonds. The van der Waals surface area contributed by atoms with E-state index in [9.17, 15) is 13.2 Å². The Bertz CT molecular complexity index is 1340. The molecule has 34 heavy (non-hydrogen) atoms. The number of nitrogens with zero attached hydrogens (tertiary/aromatic N) is 6. The van der Waals surface area contributed by atoms with E-state index in [0.29, 0.717) is 35.7 Å². The van der Waals surface area contributed by atoms with Gasteiger partial charge in [-0.1, -0.05) is 6.92 Å². The van der Waals surface area contributed by atoms with Crippen molar-refractivity contribution in [2.75, 3.05) is 18.6 Å². The summed E-state index contributed by atoms with van der Waals surface area (Å²) >= 11 is 0. The van der Waals surface area contributed by atoms with Gasteiger partial charge in [-0.05, 0) is 45.2 Å². The molecule has 3 aromatic heterocycles. The van der Waals surface area contributed by atoms with Crippen molar-refractivity contribution >= 4 is 21.7 Å². The van der Waals surface area contributed by atoms with E-state index < -0.39 is 15.9 Å². The number of ether oxygens (including phenoxy) is 1. The number of methoxy groups -OCH3 is 1.